The summed E-state index contributed by atoms with van der Waals surface area (Å²) in [6.07, 6.45) is 20.8. The molecule has 0 aromatic rings. The van der Waals surface area contributed by atoms with Crippen LogP contribution in [0, 0.1) is 0 Å². The van der Waals surface area contributed by atoms with Crippen molar-refractivity contribution in [2.45, 2.75) is 141 Å². The molecule has 1 aliphatic heterocycles. The van der Waals surface area contributed by atoms with Crippen LogP contribution in [0.5, 0.6) is 0 Å². The molecule has 3 amide bonds. The van der Waals surface area contributed by atoms with Crippen LogP contribution >= 0.6 is 0 Å². The van der Waals surface area contributed by atoms with Crippen molar-refractivity contribution in [2.75, 3.05) is 13.1 Å². The molecule has 0 radical (unpaired) electrons. The van der Waals surface area contributed by atoms with Gasteiger partial charge in [0.1, 0.15) is 18.4 Å². The number of nitrogens with one attached hydrogen (secondary N) is 3. The summed E-state index contributed by atoms with van der Waals surface area (Å²) in [7, 11) is 0. The number of amides is 3. The van der Waals surface area contributed by atoms with E-state index in [-0.39, 0.29) is 25.3 Å². The normalized spacial score (nSPS) is 15.4. The summed E-state index contributed by atoms with van der Waals surface area (Å²) >= 11 is 0. The lowest BCUT2D eigenvalue weighted by Crippen LogP contribution is -2.54. The van der Waals surface area contributed by atoms with Gasteiger partial charge in [0, 0.05) is 19.1 Å². The molecule has 0 saturated heterocycles. The largest absolute Gasteiger partial charge is 0.480 e. The third-order valence-electron chi connectivity index (χ3n) is 7.23. The number of aliphatic imine (C=N–C) groups is 2. The average Bonchev–Trinajstić information content (AvgIpc) is 3.46. The van der Waals surface area contributed by atoms with E-state index in [0.29, 0.717) is 25.8 Å². The molecule has 11 nitrogen and oxygen atoms in total. The first-order valence-corrected chi connectivity index (χ1v) is 15.7. The van der Waals surface area contributed by atoms with E-state index < -0.39 is 35.9 Å². The van der Waals surface area contributed by atoms with Crippen LogP contribution in [0.1, 0.15) is 122 Å². The molecule has 1 rings (SSSR count). The van der Waals surface area contributed by atoms with Crippen LogP contribution in [0.25, 0.3) is 0 Å². The molecular weight excluding hydrogens is 524 g/mol. The molecule has 41 heavy (non-hydrogen) atoms. The highest BCUT2D eigenvalue weighted by Crippen LogP contribution is 2.13. The van der Waals surface area contributed by atoms with Crippen LogP contribution in [-0.2, 0) is 19.2 Å². The first kappa shape index (κ1) is 36.2. The van der Waals surface area contributed by atoms with Gasteiger partial charge in [0.25, 0.3) is 0 Å². The van der Waals surface area contributed by atoms with Gasteiger partial charge >= 0.3 is 5.97 Å². The maximum absolute atomic E-state index is 12.9. The number of carboxylic acid groups (broad SMARTS) is 1. The summed E-state index contributed by atoms with van der Waals surface area (Å²) in [4.78, 5) is 57.3. The minimum atomic E-state index is -1.15. The second-order valence-electron chi connectivity index (χ2n) is 10.9. The number of nitrogens with two attached hydrogens (primary N) is 1. The predicted octanol–water partition coefficient (Wildman–Crippen LogP) is 3.64. The highest BCUT2D eigenvalue weighted by atomic mass is 16.4. The number of aliphatic carboxylic acids is 1. The summed E-state index contributed by atoms with van der Waals surface area (Å²) in [6.45, 7) is 2.41. The van der Waals surface area contributed by atoms with Gasteiger partial charge in [-0.05, 0) is 32.2 Å². The van der Waals surface area contributed by atoms with Crippen molar-refractivity contribution in [1.82, 2.24) is 16.0 Å². The Balaban J connectivity index is 2.29. The first-order valence-electron chi connectivity index (χ1n) is 15.7. The van der Waals surface area contributed by atoms with E-state index in [0.717, 1.165) is 19.3 Å². The zero-order chi connectivity index (χ0) is 30.1. The summed E-state index contributed by atoms with van der Waals surface area (Å²) < 4.78 is 0. The standard InChI is InChI=1S/C30H54N6O5/c1-2-3-4-5-6-7-8-9-10-11-12-13-14-18-27(37)33-22-28(38)35-26(20-24-21-32-23-34-24)29(39)36-25(30(40)41)17-15-16-19-31/h21,23-26H,2-20,22,31H2,1H3,(H,33,37)(H,35,38)(H,36,39)(H,40,41)/t24-,25+,26-/m1/s1. The Hall–Kier alpha value is -2.82. The molecule has 3 atom stereocenters. The van der Waals surface area contributed by atoms with Gasteiger partial charge < -0.3 is 26.8 Å². The van der Waals surface area contributed by atoms with Crippen LogP contribution in [-0.4, -0.2) is 72.6 Å². The molecule has 0 aliphatic carbocycles. The van der Waals surface area contributed by atoms with Crippen molar-refractivity contribution in [2.24, 2.45) is 15.7 Å². The Labute approximate surface area is 246 Å². The van der Waals surface area contributed by atoms with Gasteiger partial charge in [0.2, 0.25) is 17.7 Å². The van der Waals surface area contributed by atoms with E-state index in [4.69, 9.17) is 5.73 Å². The molecule has 0 unspecified atom stereocenters. The molecule has 234 valence electrons. The van der Waals surface area contributed by atoms with E-state index in [1.165, 1.54) is 70.5 Å². The SMILES string of the molecule is CCCCCCCCCCCCCCCC(=O)NCC(=O)N[C@H](C[C@@H]1C=NC=N1)C(=O)N[C@@H](CCCCN)C(=O)O. The lowest BCUT2D eigenvalue weighted by atomic mass is 10.0. The van der Waals surface area contributed by atoms with Crippen LogP contribution in [0.2, 0.25) is 0 Å². The molecule has 0 saturated carbocycles. The minimum absolute atomic E-state index is 0.125. The van der Waals surface area contributed by atoms with Gasteiger partial charge in [-0.3, -0.25) is 19.4 Å². The van der Waals surface area contributed by atoms with Crippen LogP contribution < -0.4 is 21.7 Å². The summed E-state index contributed by atoms with van der Waals surface area (Å²) in [6, 6.07) is -2.52. The van der Waals surface area contributed by atoms with Crippen molar-refractivity contribution in [3.63, 3.8) is 0 Å². The fraction of sp³-hybridized carbons (Fsp3) is 0.800. The third-order valence-corrected chi connectivity index (χ3v) is 7.23. The quantitative estimate of drug-likeness (QED) is 0.0979. The maximum atomic E-state index is 12.9. The maximum Gasteiger partial charge on any atom is 0.326 e. The molecule has 6 N–H and O–H groups in total. The monoisotopic (exact) mass is 578 g/mol. The second-order valence-corrected chi connectivity index (χ2v) is 10.9. The molecule has 0 spiro atoms. The summed E-state index contributed by atoms with van der Waals surface area (Å²) in [5.41, 5.74) is 5.48. The lowest BCUT2D eigenvalue weighted by Gasteiger charge is -2.22. The van der Waals surface area contributed by atoms with E-state index >= 15 is 0 Å². The van der Waals surface area contributed by atoms with Crippen molar-refractivity contribution in [3.8, 4) is 0 Å². The van der Waals surface area contributed by atoms with Crippen LogP contribution in [0.15, 0.2) is 9.98 Å². The highest BCUT2D eigenvalue weighted by Gasteiger charge is 2.28. The van der Waals surface area contributed by atoms with Crippen molar-refractivity contribution in [3.05, 3.63) is 0 Å². The first-order chi connectivity index (χ1) is 19.9. The van der Waals surface area contributed by atoms with Gasteiger partial charge in [-0.1, -0.05) is 84.0 Å². The number of hydrogen-bond donors (Lipinski definition) is 5. The molecule has 0 bridgehead atoms. The van der Waals surface area contributed by atoms with Crippen LogP contribution in [0.4, 0.5) is 0 Å². The van der Waals surface area contributed by atoms with Crippen molar-refractivity contribution < 1.29 is 24.3 Å². The Morgan fingerprint density at radius 3 is 1.95 bits per heavy atom. The van der Waals surface area contributed by atoms with E-state index in [9.17, 15) is 24.3 Å². The molecule has 0 aromatic heterocycles. The van der Waals surface area contributed by atoms with Gasteiger partial charge in [-0.2, -0.15) is 0 Å². The molecule has 1 aliphatic rings. The number of carboxylic acids is 1. The summed E-state index contributed by atoms with van der Waals surface area (Å²) in [5, 5.41) is 17.2. The number of hydrogen-bond acceptors (Lipinski definition) is 7. The zero-order valence-corrected chi connectivity index (χ0v) is 25.1. The lowest BCUT2D eigenvalue weighted by molar-refractivity contribution is -0.142. The van der Waals surface area contributed by atoms with E-state index in [1.54, 1.807) is 6.21 Å². The molecule has 0 fully saturated rings. The van der Waals surface area contributed by atoms with Gasteiger partial charge in [0.05, 0.1) is 12.6 Å². The fourth-order valence-corrected chi connectivity index (χ4v) is 4.73. The Bertz CT molecular complexity index is 807. The average molecular weight is 579 g/mol. The fourth-order valence-electron chi connectivity index (χ4n) is 4.73. The second kappa shape index (κ2) is 23.8. The highest BCUT2D eigenvalue weighted by molar-refractivity contribution is 5.92. The third kappa shape index (κ3) is 19.0. The predicted molar refractivity (Wildman–Crippen MR) is 163 cm³/mol. The van der Waals surface area contributed by atoms with Crippen molar-refractivity contribution >= 4 is 36.2 Å². The number of rotatable bonds is 26. The summed E-state index contributed by atoms with van der Waals surface area (Å²) in [5.74, 6) is -2.51. The van der Waals surface area contributed by atoms with Gasteiger partial charge in [-0.25, -0.2) is 9.79 Å². The van der Waals surface area contributed by atoms with Crippen molar-refractivity contribution in [1.29, 1.82) is 0 Å². The molecule has 0 aromatic carbocycles. The Kier molecular flexibility index (Phi) is 21.1. The number of carbonyl (C=O) groups excluding carboxylic acids is 3. The van der Waals surface area contributed by atoms with Gasteiger partial charge in [-0.15, -0.1) is 0 Å². The molecule has 11 heteroatoms. The number of unbranched alkanes of at least 4 members (excludes halogenated alkanes) is 13. The van der Waals surface area contributed by atoms with Gasteiger partial charge in [0.15, 0.2) is 0 Å². The molecular formula is C30H54N6O5. The number of carbonyl (C=O) groups is 4. The topological polar surface area (TPSA) is 175 Å². The van der Waals surface area contributed by atoms with E-state index in [2.05, 4.69) is 32.9 Å². The van der Waals surface area contributed by atoms with Crippen LogP contribution in [0.3, 0.4) is 0 Å². The molecule has 1 heterocycles. The minimum Gasteiger partial charge on any atom is -0.480 e. The van der Waals surface area contributed by atoms with E-state index in [1.807, 2.05) is 0 Å². The number of nitrogens with zero attached hydrogens (tertiary/aromatic N) is 2. The smallest absolute Gasteiger partial charge is 0.326 e. The Morgan fingerprint density at radius 1 is 0.805 bits per heavy atom. The zero-order valence-electron chi connectivity index (χ0n) is 25.1. The Morgan fingerprint density at radius 2 is 1.41 bits per heavy atom.